The molecule has 1 unspecified atom stereocenters. The second-order valence-electron chi connectivity index (χ2n) is 6.48. The first-order valence-electron chi connectivity index (χ1n) is 10.00. The lowest BCUT2D eigenvalue weighted by Gasteiger charge is -2.22. The Morgan fingerprint density at radius 2 is 1.94 bits per heavy atom. The summed E-state index contributed by atoms with van der Waals surface area (Å²) in [5, 5.41) is 6.43. The molecular weight excluding hydrogens is 412 g/mol. The van der Waals surface area contributed by atoms with Crippen LogP contribution < -0.4 is 10.6 Å². The Morgan fingerprint density at radius 3 is 2.45 bits per heavy atom. The first-order chi connectivity index (χ1) is 14.9. The Balaban J connectivity index is 3.17. The van der Waals surface area contributed by atoms with Crippen molar-refractivity contribution in [2.75, 3.05) is 5.32 Å². The Kier molecular flexibility index (Phi) is 11.6. The molecule has 0 spiro atoms. The fraction of sp³-hybridized carbons (Fsp3) is 0.240. The highest BCUT2D eigenvalue weighted by atomic mass is 35.5. The maximum absolute atomic E-state index is 10.6. The predicted octanol–water partition coefficient (Wildman–Crippen LogP) is 6.60. The molecular formula is C25H31ClN2O3. The predicted molar refractivity (Wildman–Crippen MR) is 130 cm³/mol. The number of anilines is 1. The molecule has 31 heavy (non-hydrogen) atoms. The minimum absolute atomic E-state index is 0.345. The van der Waals surface area contributed by atoms with E-state index in [0.717, 1.165) is 23.3 Å². The maximum atomic E-state index is 10.6. The van der Waals surface area contributed by atoms with Crippen LogP contribution in [0.1, 0.15) is 39.2 Å². The average molecular weight is 443 g/mol. The Hall–Kier alpha value is -3.18. The number of carbonyl (C=O) groups excluding carboxylic acids is 1. The molecule has 5 nitrogen and oxygen atoms in total. The molecule has 6 heteroatoms. The van der Waals surface area contributed by atoms with Crippen molar-refractivity contribution in [1.29, 1.82) is 0 Å². The summed E-state index contributed by atoms with van der Waals surface area (Å²) in [5.74, 6) is 0.955. The number of carbonyl (C=O) groups is 1. The van der Waals surface area contributed by atoms with E-state index in [2.05, 4.69) is 37.3 Å². The number of hydrogen-bond acceptors (Lipinski definition) is 4. The molecule has 0 aliphatic rings. The summed E-state index contributed by atoms with van der Waals surface area (Å²) in [6.45, 7) is 17.2. The van der Waals surface area contributed by atoms with Crippen molar-refractivity contribution in [2.24, 2.45) is 0 Å². The summed E-state index contributed by atoms with van der Waals surface area (Å²) in [6.07, 6.45) is 8.49. The Bertz CT molecular complexity index is 867. The summed E-state index contributed by atoms with van der Waals surface area (Å²) >= 11 is 6.30. The number of allylic oxidation sites excluding steroid dienone is 4. The van der Waals surface area contributed by atoms with E-state index in [9.17, 15) is 4.79 Å². The molecule has 0 aliphatic carbocycles. The van der Waals surface area contributed by atoms with E-state index in [-0.39, 0.29) is 6.10 Å². The fourth-order valence-electron chi connectivity index (χ4n) is 2.84. The van der Waals surface area contributed by atoms with Crippen molar-refractivity contribution in [1.82, 2.24) is 5.32 Å². The summed E-state index contributed by atoms with van der Waals surface area (Å²) in [6, 6.07) is 7.28. The number of rotatable bonds is 14. The smallest absolute Gasteiger partial charge is 0.211 e. The minimum atomic E-state index is -0.345. The molecule has 0 bridgehead atoms. The number of halogens is 1. The summed E-state index contributed by atoms with van der Waals surface area (Å²) in [5.41, 5.74) is 3.09. The van der Waals surface area contributed by atoms with Crippen molar-refractivity contribution in [3.8, 4) is 0 Å². The first-order valence-corrected chi connectivity index (χ1v) is 10.4. The average Bonchev–Trinajstić information content (AvgIpc) is 2.75. The molecule has 0 radical (unpaired) electrons. The van der Waals surface area contributed by atoms with E-state index >= 15 is 0 Å². The van der Waals surface area contributed by atoms with Crippen molar-refractivity contribution in [3.05, 3.63) is 96.2 Å². The molecule has 1 aromatic carbocycles. The van der Waals surface area contributed by atoms with Gasteiger partial charge in [0.2, 0.25) is 6.41 Å². The van der Waals surface area contributed by atoms with Crippen molar-refractivity contribution in [3.63, 3.8) is 0 Å². The van der Waals surface area contributed by atoms with E-state index in [1.807, 2.05) is 32.1 Å². The van der Waals surface area contributed by atoms with Gasteiger partial charge in [-0.1, -0.05) is 56.3 Å². The summed E-state index contributed by atoms with van der Waals surface area (Å²) in [4.78, 5) is 10.6. The zero-order valence-electron chi connectivity index (χ0n) is 18.4. The van der Waals surface area contributed by atoms with Gasteiger partial charge in [0.1, 0.15) is 6.10 Å². The Labute approximate surface area is 190 Å². The standard InChI is InChI=1S/C25H31ClN2O3/c1-7-11-22(23(26)9-3)18(5)31-19(6)28-24(12-8-2)25(30-10-4)20-13-15-21(16-14-20)27-17-29/h7,9-11,13-18,28H,1,4,6,8,12H2,2-3,5H3,(H,27,29)/b22-11-,23-9+,25-24+. The van der Waals surface area contributed by atoms with E-state index < -0.39 is 0 Å². The molecule has 166 valence electrons. The Morgan fingerprint density at radius 1 is 1.26 bits per heavy atom. The molecule has 1 rings (SSSR count). The highest BCUT2D eigenvalue weighted by Crippen LogP contribution is 2.26. The number of ether oxygens (including phenoxy) is 2. The number of nitrogens with one attached hydrogen (secondary N) is 2. The molecule has 0 aliphatic heterocycles. The van der Waals surface area contributed by atoms with E-state index in [1.165, 1.54) is 6.26 Å². The van der Waals surface area contributed by atoms with Gasteiger partial charge in [0.25, 0.3) is 0 Å². The normalized spacial score (nSPS) is 13.4. The van der Waals surface area contributed by atoms with Crippen LogP contribution in [0.2, 0.25) is 0 Å². The van der Waals surface area contributed by atoms with Gasteiger partial charge in [0.15, 0.2) is 11.6 Å². The van der Waals surface area contributed by atoms with Gasteiger partial charge in [0.05, 0.1) is 12.0 Å². The third-order valence-electron chi connectivity index (χ3n) is 4.22. The molecule has 0 heterocycles. The molecule has 1 atom stereocenters. The number of hydrogen-bond donors (Lipinski definition) is 2. The van der Waals surface area contributed by atoms with Gasteiger partial charge >= 0.3 is 0 Å². The van der Waals surface area contributed by atoms with E-state index in [0.29, 0.717) is 35.2 Å². The maximum Gasteiger partial charge on any atom is 0.211 e. The van der Waals surface area contributed by atoms with Crippen LogP contribution in [0.15, 0.2) is 90.7 Å². The minimum Gasteiger partial charge on any atom is -0.472 e. The first kappa shape index (κ1) is 25.9. The van der Waals surface area contributed by atoms with Crippen LogP contribution in [0.25, 0.3) is 5.76 Å². The molecule has 0 fully saturated rings. The lowest BCUT2D eigenvalue weighted by molar-refractivity contribution is -0.105. The van der Waals surface area contributed by atoms with Gasteiger partial charge in [0, 0.05) is 21.9 Å². The van der Waals surface area contributed by atoms with Crippen LogP contribution in [-0.2, 0) is 14.3 Å². The van der Waals surface area contributed by atoms with E-state index in [4.69, 9.17) is 21.1 Å². The van der Waals surface area contributed by atoms with Crippen LogP contribution in [0.5, 0.6) is 0 Å². The zero-order chi connectivity index (χ0) is 23.2. The molecule has 0 saturated heterocycles. The summed E-state index contributed by atoms with van der Waals surface area (Å²) < 4.78 is 11.7. The van der Waals surface area contributed by atoms with Gasteiger partial charge in [-0.2, -0.15) is 0 Å². The second kappa shape index (κ2) is 13.9. The van der Waals surface area contributed by atoms with Crippen LogP contribution in [0.3, 0.4) is 0 Å². The van der Waals surface area contributed by atoms with Gasteiger partial charge in [-0.3, -0.25) is 4.79 Å². The number of amides is 1. The van der Waals surface area contributed by atoms with Crippen molar-refractivity contribution in [2.45, 2.75) is 39.7 Å². The molecule has 0 saturated carbocycles. The van der Waals surface area contributed by atoms with Crippen molar-refractivity contribution >= 4 is 29.5 Å². The van der Waals surface area contributed by atoms with Gasteiger partial charge < -0.3 is 20.1 Å². The topological polar surface area (TPSA) is 59.6 Å². The van der Waals surface area contributed by atoms with Crippen LogP contribution in [0, 0.1) is 0 Å². The van der Waals surface area contributed by atoms with E-state index in [1.54, 1.807) is 24.3 Å². The molecule has 1 amide bonds. The quantitative estimate of drug-likeness (QED) is 0.193. The van der Waals surface area contributed by atoms with Crippen molar-refractivity contribution < 1.29 is 14.3 Å². The molecule has 0 aromatic heterocycles. The highest BCUT2D eigenvalue weighted by molar-refractivity contribution is 6.32. The van der Waals surface area contributed by atoms with Gasteiger partial charge in [-0.25, -0.2) is 0 Å². The van der Waals surface area contributed by atoms with Crippen LogP contribution >= 0.6 is 11.6 Å². The lowest BCUT2D eigenvalue weighted by atomic mass is 10.1. The number of benzene rings is 1. The van der Waals surface area contributed by atoms with Crippen LogP contribution in [0.4, 0.5) is 5.69 Å². The molecule has 1 aromatic rings. The SMILES string of the molecule is C=C/C=C(\C(Cl)=C/C)C(C)OC(=C)N/C(CCC)=C(/OC=C)c1ccc(NC=O)cc1. The third-order valence-corrected chi connectivity index (χ3v) is 4.66. The van der Waals surface area contributed by atoms with Gasteiger partial charge in [-0.05, 0) is 51.1 Å². The summed E-state index contributed by atoms with van der Waals surface area (Å²) in [7, 11) is 0. The highest BCUT2D eigenvalue weighted by Gasteiger charge is 2.16. The molecule has 2 N–H and O–H groups in total. The van der Waals surface area contributed by atoms with Gasteiger partial charge in [-0.15, -0.1) is 0 Å². The fourth-order valence-corrected chi connectivity index (χ4v) is 3.06. The monoisotopic (exact) mass is 442 g/mol. The van der Waals surface area contributed by atoms with Crippen LogP contribution in [-0.4, -0.2) is 12.5 Å². The lowest BCUT2D eigenvalue weighted by Crippen LogP contribution is -2.21. The second-order valence-corrected chi connectivity index (χ2v) is 6.89. The largest absolute Gasteiger partial charge is 0.472 e. The zero-order valence-corrected chi connectivity index (χ0v) is 19.2. The third kappa shape index (κ3) is 8.22.